The van der Waals surface area contributed by atoms with Crippen molar-refractivity contribution in [1.82, 2.24) is 15.6 Å². The summed E-state index contributed by atoms with van der Waals surface area (Å²) >= 11 is 0. The molecular formula is C24H18N4O7. The first-order valence-electron chi connectivity index (χ1n) is 10.6. The van der Waals surface area contributed by atoms with Crippen molar-refractivity contribution in [2.45, 2.75) is 12.5 Å². The van der Waals surface area contributed by atoms with Crippen LogP contribution in [0.25, 0.3) is 11.1 Å². The van der Waals surface area contributed by atoms with E-state index in [1.807, 2.05) is 48.5 Å². The van der Waals surface area contributed by atoms with E-state index >= 15 is 0 Å². The standard InChI is InChI=1S/C24H18N4O7/c29-22(25-11-13-9-10-19(34-13)23(30)31)20-21(28-35-27-20)26-24(32)33-12-18-16-7-3-1-5-14(16)15-6-2-4-8-17(15)18/h1-10,18H,11-12H2,(H,25,29)(H,30,31)(H,26,28,32). The van der Waals surface area contributed by atoms with E-state index in [-0.39, 0.29) is 42.1 Å². The number of benzene rings is 2. The second-order valence-electron chi connectivity index (χ2n) is 7.67. The molecule has 11 heteroatoms. The van der Waals surface area contributed by atoms with Crippen LogP contribution in [0.1, 0.15) is 43.8 Å². The van der Waals surface area contributed by atoms with Gasteiger partial charge in [0.25, 0.3) is 5.91 Å². The zero-order chi connectivity index (χ0) is 24.4. The van der Waals surface area contributed by atoms with E-state index in [1.165, 1.54) is 12.1 Å². The van der Waals surface area contributed by atoms with Crippen molar-refractivity contribution in [2.75, 3.05) is 11.9 Å². The number of hydrogen-bond donors (Lipinski definition) is 3. The van der Waals surface area contributed by atoms with Crippen molar-refractivity contribution < 1.29 is 33.3 Å². The molecule has 0 saturated heterocycles. The van der Waals surface area contributed by atoms with Gasteiger partial charge in [-0.25, -0.2) is 14.2 Å². The molecule has 0 atom stereocenters. The van der Waals surface area contributed by atoms with Gasteiger partial charge in [0.15, 0.2) is 0 Å². The maximum absolute atomic E-state index is 12.5. The summed E-state index contributed by atoms with van der Waals surface area (Å²) in [7, 11) is 0. The lowest BCUT2D eigenvalue weighted by Crippen LogP contribution is -2.25. The maximum atomic E-state index is 12.5. The third kappa shape index (κ3) is 4.34. The second-order valence-corrected chi connectivity index (χ2v) is 7.67. The Morgan fingerprint density at radius 1 is 0.943 bits per heavy atom. The van der Waals surface area contributed by atoms with Gasteiger partial charge in [-0.3, -0.25) is 10.1 Å². The van der Waals surface area contributed by atoms with Gasteiger partial charge in [0.1, 0.15) is 12.4 Å². The molecule has 2 aromatic carbocycles. The number of nitrogens with zero attached hydrogens (tertiary/aromatic N) is 2. The van der Waals surface area contributed by atoms with Crippen LogP contribution in [0.4, 0.5) is 10.6 Å². The molecule has 0 fully saturated rings. The van der Waals surface area contributed by atoms with Crippen molar-refractivity contribution in [3.63, 3.8) is 0 Å². The van der Waals surface area contributed by atoms with Crippen LogP contribution in [-0.4, -0.2) is 40.0 Å². The minimum absolute atomic E-state index is 0.0804. The molecule has 0 aliphatic heterocycles. The van der Waals surface area contributed by atoms with Crippen molar-refractivity contribution in [1.29, 1.82) is 0 Å². The van der Waals surface area contributed by atoms with Gasteiger partial charge < -0.3 is 19.6 Å². The molecule has 1 aliphatic rings. The van der Waals surface area contributed by atoms with Gasteiger partial charge in [-0.2, -0.15) is 0 Å². The van der Waals surface area contributed by atoms with E-state index < -0.39 is 18.0 Å². The van der Waals surface area contributed by atoms with Crippen LogP contribution in [0.3, 0.4) is 0 Å². The summed E-state index contributed by atoms with van der Waals surface area (Å²) in [5.41, 5.74) is 4.05. The number of carbonyl (C=O) groups excluding carboxylic acids is 2. The number of amides is 2. The van der Waals surface area contributed by atoms with Crippen molar-refractivity contribution in [3.05, 3.63) is 89.0 Å². The molecule has 3 N–H and O–H groups in total. The van der Waals surface area contributed by atoms with E-state index in [2.05, 4.69) is 25.6 Å². The number of aromatic carboxylic acids is 1. The van der Waals surface area contributed by atoms with E-state index in [9.17, 15) is 14.4 Å². The fourth-order valence-electron chi connectivity index (χ4n) is 3.99. The summed E-state index contributed by atoms with van der Waals surface area (Å²) in [6.45, 7) is -0.0273. The SMILES string of the molecule is O=C(Nc1nonc1C(=O)NCc1ccc(C(=O)O)o1)OCC1c2ccccc2-c2ccccc21. The summed E-state index contributed by atoms with van der Waals surface area (Å²) in [5.74, 6) is -2.32. The number of hydrogen-bond acceptors (Lipinski definition) is 8. The molecular weight excluding hydrogens is 456 g/mol. The number of rotatable bonds is 7. The Balaban J connectivity index is 1.20. The number of nitrogens with one attached hydrogen (secondary N) is 2. The smallest absolute Gasteiger partial charge is 0.412 e. The lowest BCUT2D eigenvalue weighted by atomic mass is 9.98. The van der Waals surface area contributed by atoms with Gasteiger partial charge in [0.05, 0.1) is 6.54 Å². The molecule has 35 heavy (non-hydrogen) atoms. The minimum Gasteiger partial charge on any atom is -0.475 e. The van der Waals surface area contributed by atoms with Gasteiger partial charge in [0.2, 0.25) is 17.3 Å². The molecule has 2 amide bonds. The second kappa shape index (κ2) is 9.14. The molecule has 0 bridgehead atoms. The summed E-state index contributed by atoms with van der Waals surface area (Å²) in [5, 5.41) is 20.8. The van der Waals surface area contributed by atoms with Gasteiger partial charge in [-0.1, -0.05) is 48.5 Å². The Labute approximate surface area is 197 Å². The number of fused-ring (bicyclic) bond motifs is 3. The van der Waals surface area contributed by atoms with Crippen LogP contribution in [0, 0.1) is 0 Å². The Morgan fingerprint density at radius 2 is 1.63 bits per heavy atom. The minimum atomic E-state index is -1.22. The number of aromatic nitrogens is 2. The lowest BCUT2D eigenvalue weighted by molar-refractivity contribution is 0.0660. The number of carboxylic acid groups (broad SMARTS) is 1. The number of anilines is 1. The van der Waals surface area contributed by atoms with Gasteiger partial charge in [0, 0.05) is 5.92 Å². The zero-order valence-corrected chi connectivity index (χ0v) is 18.1. The predicted octanol–water partition coefficient (Wildman–Crippen LogP) is 3.65. The third-order valence-electron chi connectivity index (χ3n) is 5.56. The number of carbonyl (C=O) groups is 3. The van der Waals surface area contributed by atoms with Crippen molar-refractivity contribution in [2.24, 2.45) is 0 Å². The molecule has 0 spiro atoms. The van der Waals surface area contributed by atoms with Crippen LogP contribution in [0.15, 0.2) is 69.7 Å². The fraction of sp³-hybridized carbons (Fsp3) is 0.125. The number of furan rings is 1. The van der Waals surface area contributed by atoms with E-state index in [0.29, 0.717) is 0 Å². The Hall–Kier alpha value is -4.93. The molecule has 11 nitrogen and oxygen atoms in total. The molecule has 2 aromatic heterocycles. The molecule has 0 unspecified atom stereocenters. The quantitative estimate of drug-likeness (QED) is 0.364. The molecule has 176 valence electrons. The Morgan fingerprint density at radius 3 is 2.29 bits per heavy atom. The average molecular weight is 474 g/mol. The highest BCUT2D eigenvalue weighted by molar-refractivity contribution is 5.99. The van der Waals surface area contributed by atoms with Crippen LogP contribution in [0.5, 0.6) is 0 Å². The third-order valence-corrected chi connectivity index (χ3v) is 5.56. The summed E-state index contributed by atoms with van der Waals surface area (Å²) in [6, 6.07) is 18.6. The molecule has 1 aliphatic carbocycles. The topological polar surface area (TPSA) is 157 Å². The largest absolute Gasteiger partial charge is 0.475 e. The number of ether oxygens (including phenoxy) is 1. The average Bonchev–Trinajstić information content (AvgIpc) is 3.59. The van der Waals surface area contributed by atoms with Crippen LogP contribution in [-0.2, 0) is 11.3 Å². The predicted molar refractivity (Wildman–Crippen MR) is 120 cm³/mol. The molecule has 0 saturated carbocycles. The normalized spacial score (nSPS) is 12.0. The van der Waals surface area contributed by atoms with Crippen LogP contribution in [0.2, 0.25) is 0 Å². The highest BCUT2D eigenvalue weighted by Gasteiger charge is 2.29. The van der Waals surface area contributed by atoms with E-state index in [0.717, 1.165) is 22.3 Å². The van der Waals surface area contributed by atoms with Crippen molar-refractivity contribution in [3.8, 4) is 11.1 Å². The first kappa shape index (κ1) is 21.9. The Kier molecular flexibility index (Phi) is 5.71. The summed E-state index contributed by atoms with van der Waals surface area (Å²) in [6.07, 6.45) is -0.825. The fourth-order valence-corrected chi connectivity index (χ4v) is 3.99. The lowest BCUT2D eigenvalue weighted by Gasteiger charge is -2.14. The van der Waals surface area contributed by atoms with Gasteiger partial charge in [-0.05, 0) is 44.7 Å². The number of carboxylic acids is 1. The van der Waals surface area contributed by atoms with E-state index in [4.69, 9.17) is 14.3 Å². The summed E-state index contributed by atoms with van der Waals surface area (Å²) in [4.78, 5) is 35.8. The Bertz CT molecular complexity index is 1380. The van der Waals surface area contributed by atoms with Crippen molar-refractivity contribution >= 4 is 23.8 Å². The van der Waals surface area contributed by atoms with Gasteiger partial charge >= 0.3 is 12.1 Å². The van der Waals surface area contributed by atoms with E-state index in [1.54, 1.807) is 0 Å². The monoisotopic (exact) mass is 474 g/mol. The van der Waals surface area contributed by atoms with Gasteiger partial charge in [-0.15, -0.1) is 0 Å². The molecule has 0 radical (unpaired) electrons. The first-order chi connectivity index (χ1) is 17.0. The highest BCUT2D eigenvalue weighted by Crippen LogP contribution is 2.44. The maximum Gasteiger partial charge on any atom is 0.412 e. The molecule has 2 heterocycles. The van der Waals surface area contributed by atoms with Crippen LogP contribution >= 0.6 is 0 Å². The zero-order valence-electron chi connectivity index (χ0n) is 18.1. The van der Waals surface area contributed by atoms with Crippen LogP contribution < -0.4 is 10.6 Å². The first-order valence-corrected chi connectivity index (χ1v) is 10.6. The summed E-state index contributed by atoms with van der Waals surface area (Å²) < 4.78 is 15.1. The highest BCUT2D eigenvalue weighted by atomic mass is 16.6. The molecule has 4 aromatic rings. The molecule has 5 rings (SSSR count).